The second kappa shape index (κ2) is 7.80. The van der Waals surface area contributed by atoms with E-state index in [1.54, 1.807) is 17.4 Å². The maximum absolute atomic E-state index is 13.5. The second-order valence-corrected chi connectivity index (χ2v) is 9.75. The van der Waals surface area contributed by atoms with Crippen LogP contribution in [0, 0.1) is 5.92 Å². The number of aryl methyl sites for hydroxylation is 2. The Labute approximate surface area is 175 Å². The van der Waals surface area contributed by atoms with Gasteiger partial charge in [-0.05, 0) is 55.4 Å². The molecule has 0 bridgehead atoms. The summed E-state index contributed by atoms with van der Waals surface area (Å²) < 4.78 is 41.1. The number of aromatic nitrogens is 2. The maximum atomic E-state index is 13.5. The molecule has 29 heavy (non-hydrogen) atoms. The van der Waals surface area contributed by atoms with Gasteiger partial charge in [0.15, 0.2) is 5.16 Å². The molecule has 0 N–H and O–H groups in total. The zero-order valence-corrected chi connectivity index (χ0v) is 17.8. The van der Waals surface area contributed by atoms with Gasteiger partial charge in [-0.2, -0.15) is 13.2 Å². The minimum Gasteiger partial charge on any atom is -0.268 e. The number of thiophene rings is 1. The average Bonchev–Trinajstić information content (AvgIpc) is 3.04. The third-order valence-corrected chi connectivity index (χ3v) is 7.49. The highest BCUT2D eigenvalue weighted by Gasteiger charge is 2.31. The van der Waals surface area contributed by atoms with Gasteiger partial charge in [0.25, 0.3) is 5.56 Å². The van der Waals surface area contributed by atoms with Gasteiger partial charge < -0.3 is 0 Å². The summed E-state index contributed by atoms with van der Waals surface area (Å²) in [6, 6.07) is 4.94. The van der Waals surface area contributed by atoms with E-state index >= 15 is 0 Å². The molecule has 0 saturated carbocycles. The van der Waals surface area contributed by atoms with Crippen molar-refractivity contribution < 1.29 is 13.2 Å². The molecule has 0 atom stereocenters. The first kappa shape index (κ1) is 20.5. The SMILES string of the molecule is CC(C)CSc1nc2sc3c(c2c(=O)n1-c1cccc(C(F)(F)F)c1)CCCC3. The van der Waals surface area contributed by atoms with Crippen LogP contribution in [-0.2, 0) is 19.0 Å². The number of nitrogens with zero attached hydrogens (tertiary/aromatic N) is 2. The average molecular weight is 439 g/mol. The molecule has 1 aliphatic rings. The number of hydrogen-bond acceptors (Lipinski definition) is 4. The molecule has 1 aliphatic carbocycles. The summed E-state index contributed by atoms with van der Waals surface area (Å²) in [4.78, 5) is 20.2. The van der Waals surface area contributed by atoms with E-state index in [9.17, 15) is 18.0 Å². The van der Waals surface area contributed by atoms with Crippen LogP contribution < -0.4 is 5.56 Å². The lowest BCUT2D eigenvalue weighted by molar-refractivity contribution is -0.137. The van der Waals surface area contributed by atoms with Crippen molar-refractivity contribution in [1.82, 2.24) is 9.55 Å². The van der Waals surface area contributed by atoms with Gasteiger partial charge in [-0.1, -0.05) is 31.7 Å². The van der Waals surface area contributed by atoms with Gasteiger partial charge in [-0.3, -0.25) is 9.36 Å². The molecule has 1 aromatic carbocycles. The van der Waals surface area contributed by atoms with Crippen molar-refractivity contribution in [3.05, 3.63) is 50.6 Å². The van der Waals surface area contributed by atoms with Crippen molar-refractivity contribution in [2.75, 3.05) is 5.75 Å². The lowest BCUT2D eigenvalue weighted by Gasteiger charge is -2.15. The molecule has 2 heterocycles. The minimum atomic E-state index is -4.47. The van der Waals surface area contributed by atoms with E-state index in [1.165, 1.54) is 27.3 Å². The fourth-order valence-corrected chi connectivity index (χ4v) is 5.84. The zero-order valence-electron chi connectivity index (χ0n) is 16.2. The van der Waals surface area contributed by atoms with Crippen molar-refractivity contribution >= 4 is 33.3 Å². The number of halogens is 3. The Morgan fingerprint density at radius 2 is 2.00 bits per heavy atom. The molecular formula is C21H21F3N2OS2. The molecule has 0 aliphatic heterocycles. The highest BCUT2D eigenvalue weighted by atomic mass is 32.2. The van der Waals surface area contributed by atoms with E-state index < -0.39 is 11.7 Å². The van der Waals surface area contributed by atoms with Crippen LogP contribution in [0.15, 0.2) is 34.2 Å². The lowest BCUT2D eigenvalue weighted by atomic mass is 9.97. The Morgan fingerprint density at radius 1 is 1.24 bits per heavy atom. The second-order valence-electron chi connectivity index (χ2n) is 7.68. The van der Waals surface area contributed by atoms with Crippen LogP contribution in [0.5, 0.6) is 0 Å². The molecule has 8 heteroatoms. The number of fused-ring (bicyclic) bond motifs is 3. The molecule has 3 nitrogen and oxygen atoms in total. The normalized spacial score (nSPS) is 14.6. The van der Waals surface area contributed by atoms with Crippen LogP contribution >= 0.6 is 23.1 Å². The molecule has 0 saturated heterocycles. The van der Waals surface area contributed by atoms with Crippen LogP contribution in [0.25, 0.3) is 15.9 Å². The predicted octanol–water partition coefficient (Wildman–Crippen LogP) is 6.09. The van der Waals surface area contributed by atoms with Gasteiger partial charge in [0.05, 0.1) is 16.6 Å². The number of rotatable bonds is 4. The fourth-order valence-electron chi connectivity index (χ4n) is 3.57. The van der Waals surface area contributed by atoms with Crippen molar-refractivity contribution in [2.45, 2.75) is 50.9 Å². The summed E-state index contributed by atoms with van der Waals surface area (Å²) in [5, 5.41) is 1.03. The molecule has 2 aromatic heterocycles. The molecule has 154 valence electrons. The van der Waals surface area contributed by atoms with Crippen molar-refractivity contribution in [3.8, 4) is 5.69 Å². The molecule has 0 fully saturated rings. The van der Waals surface area contributed by atoms with E-state index in [-0.39, 0.29) is 11.2 Å². The van der Waals surface area contributed by atoms with Crippen molar-refractivity contribution in [2.24, 2.45) is 5.92 Å². The third-order valence-electron chi connectivity index (χ3n) is 4.94. The van der Waals surface area contributed by atoms with Crippen molar-refractivity contribution in [1.29, 1.82) is 0 Å². The summed E-state index contributed by atoms with van der Waals surface area (Å²) in [5.74, 6) is 1.08. The van der Waals surface area contributed by atoms with Crippen LogP contribution in [-0.4, -0.2) is 15.3 Å². The van der Waals surface area contributed by atoms with Gasteiger partial charge in [0.1, 0.15) is 4.83 Å². The summed E-state index contributed by atoms with van der Waals surface area (Å²) in [7, 11) is 0. The smallest absolute Gasteiger partial charge is 0.268 e. The Balaban J connectivity index is 1.96. The molecule has 0 amide bonds. The first-order valence-electron chi connectivity index (χ1n) is 9.63. The number of thioether (sulfide) groups is 1. The molecular weight excluding hydrogens is 417 g/mol. The Hall–Kier alpha value is -1.80. The largest absolute Gasteiger partial charge is 0.416 e. The van der Waals surface area contributed by atoms with Crippen LogP contribution in [0.4, 0.5) is 13.2 Å². The molecule has 0 radical (unpaired) electrons. The molecule has 0 spiro atoms. The zero-order chi connectivity index (χ0) is 20.8. The molecule has 3 aromatic rings. The Kier molecular flexibility index (Phi) is 5.50. The quantitative estimate of drug-likeness (QED) is 0.365. The van der Waals surface area contributed by atoms with Gasteiger partial charge >= 0.3 is 6.18 Å². The van der Waals surface area contributed by atoms with Gasteiger partial charge in [0.2, 0.25) is 0 Å². The highest BCUT2D eigenvalue weighted by Crippen LogP contribution is 2.36. The van der Waals surface area contributed by atoms with Crippen LogP contribution in [0.3, 0.4) is 0 Å². The van der Waals surface area contributed by atoms with Crippen molar-refractivity contribution in [3.63, 3.8) is 0 Å². The minimum absolute atomic E-state index is 0.209. The topological polar surface area (TPSA) is 34.9 Å². The van der Waals surface area contributed by atoms with Crippen LogP contribution in [0.1, 0.15) is 42.7 Å². The lowest BCUT2D eigenvalue weighted by Crippen LogP contribution is -2.23. The van der Waals surface area contributed by atoms with E-state index in [2.05, 4.69) is 13.8 Å². The summed E-state index contributed by atoms with van der Waals surface area (Å²) in [5.41, 5.74) is 0.213. The molecule has 0 unspecified atom stereocenters. The highest BCUT2D eigenvalue weighted by molar-refractivity contribution is 7.99. The van der Waals surface area contributed by atoms with E-state index in [4.69, 9.17) is 4.98 Å². The third kappa shape index (κ3) is 3.97. The first-order valence-corrected chi connectivity index (χ1v) is 11.4. The number of alkyl halides is 3. The van der Waals surface area contributed by atoms with E-state index in [1.807, 2.05) is 0 Å². The van der Waals surface area contributed by atoms with Gasteiger partial charge in [-0.25, -0.2) is 4.98 Å². The standard InChI is InChI=1S/C21H21F3N2OS2/c1-12(2)11-28-20-25-18-17(15-8-3-4-9-16(15)29-18)19(27)26(20)14-7-5-6-13(10-14)21(22,23)24/h5-7,10,12H,3-4,8-9,11H2,1-2H3. The first-order chi connectivity index (χ1) is 13.8. The van der Waals surface area contributed by atoms with Crippen LogP contribution in [0.2, 0.25) is 0 Å². The van der Waals surface area contributed by atoms with E-state index in [0.29, 0.717) is 21.3 Å². The maximum Gasteiger partial charge on any atom is 0.416 e. The summed E-state index contributed by atoms with van der Waals surface area (Å²) >= 11 is 2.97. The Bertz CT molecular complexity index is 1120. The summed E-state index contributed by atoms with van der Waals surface area (Å²) in [6.07, 6.45) is -0.590. The van der Waals surface area contributed by atoms with Gasteiger partial charge in [0, 0.05) is 10.6 Å². The van der Waals surface area contributed by atoms with Gasteiger partial charge in [-0.15, -0.1) is 11.3 Å². The predicted molar refractivity (Wildman–Crippen MR) is 112 cm³/mol. The molecule has 4 rings (SSSR count). The van der Waals surface area contributed by atoms with E-state index in [0.717, 1.165) is 49.1 Å². The summed E-state index contributed by atoms with van der Waals surface area (Å²) in [6.45, 7) is 4.12. The number of hydrogen-bond donors (Lipinski definition) is 0. The Morgan fingerprint density at radius 3 is 2.72 bits per heavy atom. The monoisotopic (exact) mass is 438 g/mol. The fraction of sp³-hybridized carbons (Fsp3) is 0.429. The number of benzene rings is 1.